The molecule has 1 aliphatic heterocycles. The summed E-state index contributed by atoms with van der Waals surface area (Å²) in [6.45, 7) is 3.43. The van der Waals surface area contributed by atoms with Gasteiger partial charge >= 0.3 is 0 Å². The Bertz CT molecular complexity index is 1650. The van der Waals surface area contributed by atoms with Crippen molar-refractivity contribution in [2.24, 2.45) is 7.05 Å². The van der Waals surface area contributed by atoms with Gasteiger partial charge in [-0.05, 0) is 61.0 Å². The van der Waals surface area contributed by atoms with Crippen molar-refractivity contribution in [2.75, 3.05) is 37.0 Å². The monoisotopic (exact) mass is 518 g/mol. The van der Waals surface area contributed by atoms with Gasteiger partial charge in [0, 0.05) is 44.7 Å². The zero-order valence-electron chi connectivity index (χ0n) is 21.4. The predicted molar refractivity (Wildman–Crippen MR) is 148 cm³/mol. The number of aryl methyl sites for hydroxylation is 2. The molecule has 192 valence electrons. The third-order valence-corrected chi connectivity index (χ3v) is 8.36. The highest BCUT2D eigenvalue weighted by molar-refractivity contribution is 7.89. The quantitative estimate of drug-likeness (QED) is 0.417. The molecule has 0 aliphatic carbocycles. The van der Waals surface area contributed by atoms with Gasteiger partial charge in [0.1, 0.15) is 5.75 Å². The first-order chi connectivity index (χ1) is 17.7. The Hall–Kier alpha value is -3.82. The molecule has 0 saturated heterocycles. The van der Waals surface area contributed by atoms with Gasteiger partial charge in [0.15, 0.2) is 0 Å². The zero-order valence-corrected chi connectivity index (χ0v) is 22.2. The fourth-order valence-electron chi connectivity index (χ4n) is 4.82. The van der Waals surface area contributed by atoms with Crippen LogP contribution in [0.25, 0.3) is 10.9 Å². The fourth-order valence-corrected chi connectivity index (χ4v) is 5.86. The molecule has 37 heavy (non-hydrogen) atoms. The molecule has 1 aromatic heterocycles. The van der Waals surface area contributed by atoms with Crippen LogP contribution in [0.3, 0.4) is 0 Å². The largest absolute Gasteiger partial charge is 0.497 e. The summed E-state index contributed by atoms with van der Waals surface area (Å²) in [5.41, 5.74) is 4.99. The van der Waals surface area contributed by atoms with Crippen LogP contribution >= 0.6 is 0 Å². The van der Waals surface area contributed by atoms with Gasteiger partial charge in [-0.25, -0.2) is 13.1 Å². The Balaban J connectivity index is 1.54. The van der Waals surface area contributed by atoms with E-state index in [4.69, 9.17) is 4.74 Å². The summed E-state index contributed by atoms with van der Waals surface area (Å²) in [4.78, 5) is 17.0. The van der Waals surface area contributed by atoms with E-state index in [0.29, 0.717) is 17.9 Å². The molecule has 0 saturated carbocycles. The molecule has 8 nitrogen and oxygen atoms in total. The van der Waals surface area contributed by atoms with Crippen LogP contribution in [0, 0.1) is 6.92 Å². The van der Waals surface area contributed by atoms with Crippen LogP contribution in [0.5, 0.6) is 5.75 Å². The molecule has 0 radical (unpaired) electrons. The maximum atomic E-state index is 13.3. The van der Waals surface area contributed by atoms with E-state index >= 15 is 0 Å². The average molecular weight is 519 g/mol. The number of methoxy groups -OCH3 is 1. The molecular formula is C28H30N4O4S. The van der Waals surface area contributed by atoms with Crippen LogP contribution < -0.4 is 24.8 Å². The number of anilines is 3. The average Bonchev–Trinajstić information content (AvgIpc) is 2.91. The van der Waals surface area contributed by atoms with Crippen molar-refractivity contribution in [2.45, 2.75) is 18.4 Å². The number of hydrogen-bond donors (Lipinski definition) is 1. The minimum absolute atomic E-state index is 0.0280. The molecule has 3 aromatic carbocycles. The third-order valence-electron chi connectivity index (χ3n) is 6.96. The lowest BCUT2D eigenvalue weighted by Gasteiger charge is -2.38. The first-order valence-electron chi connectivity index (χ1n) is 12.0. The number of nitrogens with one attached hydrogen (secondary N) is 1. The Kier molecular flexibility index (Phi) is 6.43. The second-order valence-electron chi connectivity index (χ2n) is 9.30. The number of aromatic nitrogens is 1. The molecule has 0 unspecified atom stereocenters. The SMILES string of the molecule is COc1ccc(CNS(=O)(=O)c2ccc3c(c2)N(c2cccc4c2cc(C)c(=O)n4C)CCN3C)cc1. The first-order valence-corrected chi connectivity index (χ1v) is 13.5. The van der Waals surface area contributed by atoms with Crippen molar-refractivity contribution >= 4 is 38.0 Å². The normalized spacial score (nSPS) is 13.6. The molecule has 5 rings (SSSR count). The minimum atomic E-state index is -3.76. The van der Waals surface area contributed by atoms with E-state index in [2.05, 4.69) is 14.5 Å². The summed E-state index contributed by atoms with van der Waals surface area (Å²) >= 11 is 0. The number of likely N-dealkylation sites (N-methyl/N-ethyl adjacent to an activating group) is 1. The van der Waals surface area contributed by atoms with Gasteiger partial charge in [-0.1, -0.05) is 18.2 Å². The second-order valence-corrected chi connectivity index (χ2v) is 11.1. The van der Waals surface area contributed by atoms with Crippen LogP contribution in [0.2, 0.25) is 0 Å². The molecule has 0 bridgehead atoms. The lowest BCUT2D eigenvalue weighted by molar-refractivity contribution is 0.414. The molecule has 2 heterocycles. The van der Waals surface area contributed by atoms with E-state index in [-0.39, 0.29) is 17.0 Å². The van der Waals surface area contributed by atoms with Crippen LogP contribution in [-0.4, -0.2) is 40.2 Å². The predicted octanol–water partition coefficient (Wildman–Crippen LogP) is 3.92. The standard InChI is InChI=1S/C28H30N4O4S/c1-19-16-23-24(31(3)28(19)33)6-5-7-25(23)32-15-14-30(2)26-13-12-22(17-27(26)32)37(34,35)29-18-20-8-10-21(36-4)11-9-20/h5-13,16-17,29H,14-15,18H2,1-4H3. The van der Waals surface area contributed by atoms with Gasteiger partial charge in [0.25, 0.3) is 5.56 Å². The van der Waals surface area contributed by atoms with Crippen molar-refractivity contribution < 1.29 is 13.2 Å². The summed E-state index contributed by atoms with van der Waals surface area (Å²) < 4.78 is 36.1. The lowest BCUT2D eigenvalue weighted by Crippen LogP contribution is -2.37. The van der Waals surface area contributed by atoms with Crippen LogP contribution in [0.1, 0.15) is 11.1 Å². The van der Waals surface area contributed by atoms with Gasteiger partial charge in [-0.3, -0.25) is 4.79 Å². The van der Waals surface area contributed by atoms with E-state index < -0.39 is 10.0 Å². The summed E-state index contributed by atoms with van der Waals surface area (Å²) in [6.07, 6.45) is 0. The van der Waals surface area contributed by atoms with Crippen molar-refractivity contribution in [3.8, 4) is 5.75 Å². The van der Waals surface area contributed by atoms with Crippen LogP contribution in [0.4, 0.5) is 17.1 Å². The van der Waals surface area contributed by atoms with Crippen molar-refractivity contribution in [3.05, 3.63) is 88.2 Å². The zero-order chi connectivity index (χ0) is 26.3. The smallest absolute Gasteiger partial charge is 0.253 e. The molecule has 0 fully saturated rings. The topological polar surface area (TPSA) is 83.9 Å². The molecule has 1 N–H and O–H groups in total. The van der Waals surface area contributed by atoms with Crippen LogP contribution in [-0.2, 0) is 23.6 Å². The van der Waals surface area contributed by atoms with E-state index in [1.165, 1.54) is 0 Å². The minimum Gasteiger partial charge on any atom is -0.497 e. The summed E-state index contributed by atoms with van der Waals surface area (Å²) in [5.74, 6) is 0.717. The Labute approximate surface area is 216 Å². The lowest BCUT2D eigenvalue weighted by atomic mass is 10.1. The highest BCUT2D eigenvalue weighted by Gasteiger charge is 2.26. The molecular weight excluding hydrogens is 488 g/mol. The Morgan fingerprint density at radius 3 is 2.41 bits per heavy atom. The number of rotatable bonds is 6. The van der Waals surface area contributed by atoms with Gasteiger partial charge in [0.2, 0.25) is 10.0 Å². The molecule has 1 aliphatic rings. The molecule has 0 atom stereocenters. The van der Waals surface area contributed by atoms with Crippen molar-refractivity contribution in [1.29, 1.82) is 0 Å². The van der Waals surface area contributed by atoms with Crippen LogP contribution in [0.15, 0.2) is 76.4 Å². The number of nitrogens with zero attached hydrogens (tertiary/aromatic N) is 3. The number of benzene rings is 3. The van der Waals surface area contributed by atoms with E-state index in [1.807, 2.05) is 56.4 Å². The maximum absolute atomic E-state index is 13.3. The number of ether oxygens (including phenoxy) is 1. The second kappa shape index (κ2) is 9.57. The summed E-state index contributed by atoms with van der Waals surface area (Å²) in [7, 11) is 1.61. The summed E-state index contributed by atoms with van der Waals surface area (Å²) in [5, 5.41) is 0.948. The van der Waals surface area contributed by atoms with Gasteiger partial charge in [0.05, 0.1) is 34.6 Å². The highest BCUT2D eigenvalue weighted by atomic mass is 32.2. The number of pyridine rings is 1. The third kappa shape index (κ3) is 4.56. The molecule has 0 amide bonds. The maximum Gasteiger partial charge on any atom is 0.253 e. The summed E-state index contributed by atoms with van der Waals surface area (Å²) in [6, 6.07) is 20.3. The first kappa shape index (κ1) is 24.9. The number of sulfonamides is 1. The molecule has 4 aromatic rings. The molecule has 9 heteroatoms. The van der Waals surface area contributed by atoms with E-state index in [1.54, 1.807) is 43.0 Å². The number of hydrogen-bond acceptors (Lipinski definition) is 6. The van der Waals surface area contributed by atoms with Gasteiger partial charge in [-0.2, -0.15) is 0 Å². The highest BCUT2D eigenvalue weighted by Crippen LogP contribution is 2.41. The number of fused-ring (bicyclic) bond motifs is 2. The Morgan fingerprint density at radius 2 is 1.68 bits per heavy atom. The molecule has 0 spiro atoms. The van der Waals surface area contributed by atoms with Gasteiger partial charge < -0.3 is 19.1 Å². The van der Waals surface area contributed by atoms with E-state index in [0.717, 1.165) is 40.1 Å². The van der Waals surface area contributed by atoms with Crippen molar-refractivity contribution in [3.63, 3.8) is 0 Å². The van der Waals surface area contributed by atoms with E-state index in [9.17, 15) is 13.2 Å². The Morgan fingerprint density at radius 1 is 0.919 bits per heavy atom. The van der Waals surface area contributed by atoms with Crippen molar-refractivity contribution in [1.82, 2.24) is 9.29 Å². The van der Waals surface area contributed by atoms with Gasteiger partial charge in [-0.15, -0.1) is 0 Å². The fraction of sp³-hybridized carbons (Fsp3) is 0.250.